The molecule has 1 saturated heterocycles. The number of hydrogen-bond donors (Lipinski definition) is 1. The SMILES string of the molecule is O=C1CSC(=O)N1C1(C(=O)O)CCCCC1. The molecule has 1 aliphatic carbocycles. The minimum absolute atomic E-state index is 0.0772. The maximum atomic E-state index is 11.6. The van der Waals surface area contributed by atoms with Crippen LogP contribution in [0.2, 0.25) is 0 Å². The number of carboxylic acids is 1. The van der Waals surface area contributed by atoms with Crippen molar-refractivity contribution in [1.29, 1.82) is 0 Å². The second-order valence-corrected chi connectivity index (χ2v) is 5.11. The highest BCUT2D eigenvalue weighted by molar-refractivity contribution is 8.14. The van der Waals surface area contributed by atoms with Gasteiger partial charge in [0.05, 0.1) is 5.75 Å². The fourth-order valence-corrected chi connectivity index (χ4v) is 3.22. The molecule has 2 fully saturated rings. The van der Waals surface area contributed by atoms with Crippen LogP contribution >= 0.6 is 11.8 Å². The summed E-state index contributed by atoms with van der Waals surface area (Å²) < 4.78 is 0. The van der Waals surface area contributed by atoms with Crippen LogP contribution in [-0.2, 0) is 9.59 Å². The van der Waals surface area contributed by atoms with Crippen LogP contribution in [0.25, 0.3) is 0 Å². The molecule has 0 bridgehead atoms. The zero-order valence-corrected chi connectivity index (χ0v) is 9.59. The molecule has 0 atom stereocenters. The number of aliphatic carboxylic acids is 1. The van der Waals surface area contributed by atoms with Crippen molar-refractivity contribution in [2.45, 2.75) is 37.6 Å². The third-order valence-corrected chi connectivity index (χ3v) is 4.08. The molecule has 16 heavy (non-hydrogen) atoms. The van der Waals surface area contributed by atoms with Gasteiger partial charge < -0.3 is 5.11 Å². The number of amides is 2. The zero-order chi connectivity index (χ0) is 11.8. The molecule has 2 amide bonds. The van der Waals surface area contributed by atoms with Crippen LogP contribution in [-0.4, -0.2) is 38.4 Å². The van der Waals surface area contributed by atoms with Crippen molar-refractivity contribution in [2.75, 3.05) is 5.75 Å². The summed E-state index contributed by atoms with van der Waals surface area (Å²) in [5.41, 5.74) is -1.27. The van der Waals surface area contributed by atoms with Gasteiger partial charge in [0.1, 0.15) is 5.54 Å². The molecule has 1 heterocycles. The summed E-state index contributed by atoms with van der Waals surface area (Å²) in [4.78, 5) is 35.6. The average Bonchev–Trinajstić information content (AvgIpc) is 2.60. The van der Waals surface area contributed by atoms with E-state index in [2.05, 4.69) is 0 Å². The number of carbonyl (C=O) groups is 3. The molecule has 1 saturated carbocycles. The van der Waals surface area contributed by atoms with Gasteiger partial charge >= 0.3 is 5.97 Å². The minimum atomic E-state index is -1.27. The van der Waals surface area contributed by atoms with Gasteiger partial charge in [-0.05, 0) is 12.8 Å². The topological polar surface area (TPSA) is 74.7 Å². The zero-order valence-electron chi connectivity index (χ0n) is 8.77. The number of thioether (sulfide) groups is 1. The second kappa shape index (κ2) is 4.08. The first-order valence-corrected chi connectivity index (χ1v) is 6.30. The molecule has 0 unspecified atom stereocenters. The van der Waals surface area contributed by atoms with E-state index in [9.17, 15) is 19.5 Å². The van der Waals surface area contributed by atoms with Gasteiger partial charge in [-0.1, -0.05) is 31.0 Å². The Kier molecular flexibility index (Phi) is 2.92. The Morgan fingerprint density at radius 3 is 2.31 bits per heavy atom. The minimum Gasteiger partial charge on any atom is -0.479 e. The molecule has 1 aliphatic heterocycles. The molecule has 6 heteroatoms. The van der Waals surface area contributed by atoms with E-state index in [0.29, 0.717) is 12.8 Å². The maximum Gasteiger partial charge on any atom is 0.330 e. The number of imide groups is 1. The van der Waals surface area contributed by atoms with Gasteiger partial charge in [0.2, 0.25) is 5.91 Å². The van der Waals surface area contributed by atoms with Crippen molar-refractivity contribution < 1.29 is 19.5 Å². The monoisotopic (exact) mass is 243 g/mol. The van der Waals surface area contributed by atoms with Crippen molar-refractivity contribution in [3.05, 3.63) is 0 Å². The van der Waals surface area contributed by atoms with E-state index in [4.69, 9.17) is 0 Å². The second-order valence-electron chi connectivity index (χ2n) is 4.18. The van der Waals surface area contributed by atoms with E-state index in [-0.39, 0.29) is 11.7 Å². The highest BCUT2D eigenvalue weighted by atomic mass is 32.2. The summed E-state index contributed by atoms with van der Waals surface area (Å²) >= 11 is 0.897. The molecule has 0 aromatic carbocycles. The molecule has 1 N–H and O–H groups in total. The smallest absolute Gasteiger partial charge is 0.330 e. The first-order chi connectivity index (χ1) is 7.58. The van der Waals surface area contributed by atoms with E-state index >= 15 is 0 Å². The Bertz CT molecular complexity index is 333. The number of nitrogens with zero attached hydrogens (tertiary/aromatic N) is 1. The molecule has 0 aromatic rings. The van der Waals surface area contributed by atoms with Gasteiger partial charge in [0.15, 0.2) is 0 Å². The molecule has 88 valence electrons. The lowest BCUT2D eigenvalue weighted by molar-refractivity contribution is -0.156. The first kappa shape index (κ1) is 11.4. The predicted molar refractivity (Wildman–Crippen MR) is 58.2 cm³/mol. The van der Waals surface area contributed by atoms with Crippen LogP contribution in [0.5, 0.6) is 0 Å². The molecule has 5 nitrogen and oxygen atoms in total. The lowest BCUT2D eigenvalue weighted by atomic mass is 9.80. The molecule has 0 aromatic heterocycles. The predicted octanol–water partition coefficient (Wildman–Crippen LogP) is 1.47. The summed E-state index contributed by atoms with van der Waals surface area (Å²) in [6.07, 6.45) is 3.27. The Labute approximate surface area is 97.2 Å². The average molecular weight is 243 g/mol. The number of carbonyl (C=O) groups excluding carboxylic acids is 2. The fraction of sp³-hybridized carbons (Fsp3) is 0.700. The fourth-order valence-electron chi connectivity index (χ4n) is 2.44. The normalized spacial score (nSPS) is 24.9. The van der Waals surface area contributed by atoms with E-state index < -0.39 is 16.7 Å². The van der Waals surface area contributed by atoms with Crippen molar-refractivity contribution >= 4 is 28.9 Å². The van der Waals surface area contributed by atoms with Crippen LogP contribution in [0, 0.1) is 0 Å². The van der Waals surface area contributed by atoms with Gasteiger partial charge in [-0.15, -0.1) is 0 Å². The summed E-state index contributed by atoms with van der Waals surface area (Å²) in [7, 11) is 0. The highest BCUT2D eigenvalue weighted by Crippen LogP contribution is 2.38. The Morgan fingerprint density at radius 2 is 1.88 bits per heavy atom. The molecule has 2 aliphatic rings. The number of hydrogen-bond acceptors (Lipinski definition) is 4. The maximum absolute atomic E-state index is 11.6. The van der Waals surface area contributed by atoms with Crippen LogP contribution < -0.4 is 0 Å². The third kappa shape index (κ3) is 1.61. The van der Waals surface area contributed by atoms with Crippen molar-refractivity contribution in [3.63, 3.8) is 0 Å². The molecule has 0 radical (unpaired) electrons. The Hall–Kier alpha value is -1.04. The van der Waals surface area contributed by atoms with Gasteiger partial charge in [0.25, 0.3) is 5.24 Å². The van der Waals surface area contributed by atoms with Crippen molar-refractivity contribution in [1.82, 2.24) is 4.90 Å². The van der Waals surface area contributed by atoms with Gasteiger partial charge in [-0.25, -0.2) is 4.79 Å². The van der Waals surface area contributed by atoms with Gasteiger partial charge in [0, 0.05) is 0 Å². The van der Waals surface area contributed by atoms with Crippen LogP contribution in [0.3, 0.4) is 0 Å². The Balaban J connectivity index is 2.34. The molecular formula is C10H13NO4S. The highest BCUT2D eigenvalue weighted by Gasteiger charge is 2.52. The van der Waals surface area contributed by atoms with Crippen LogP contribution in [0.15, 0.2) is 0 Å². The summed E-state index contributed by atoms with van der Waals surface area (Å²) in [6, 6.07) is 0. The standard InChI is InChI=1S/C10H13NO4S/c12-7-6-16-9(15)11(7)10(8(13)14)4-2-1-3-5-10/h1-6H2,(H,13,14). The number of rotatable bonds is 2. The van der Waals surface area contributed by atoms with E-state index in [0.717, 1.165) is 35.9 Å². The molecule has 2 rings (SSSR count). The molecule has 0 spiro atoms. The lowest BCUT2D eigenvalue weighted by Crippen LogP contribution is -2.57. The van der Waals surface area contributed by atoms with Crippen LogP contribution in [0.4, 0.5) is 4.79 Å². The summed E-state index contributed by atoms with van der Waals surface area (Å²) in [5.74, 6) is -1.33. The first-order valence-electron chi connectivity index (χ1n) is 5.31. The van der Waals surface area contributed by atoms with E-state index in [1.165, 1.54) is 0 Å². The quantitative estimate of drug-likeness (QED) is 0.794. The largest absolute Gasteiger partial charge is 0.479 e. The van der Waals surface area contributed by atoms with Gasteiger partial charge in [-0.3, -0.25) is 14.5 Å². The van der Waals surface area contributed by atoms with Crippen molar-refractivity contribution in [3.8, 4) is 0 Å². The van der Waals surface area contributed by atoms with Crippen molar-refractivity contribution in [2.24, 2.45) is 0 Å². The lowest BCUT2D eigenvalue weighted by Gasteiger charge is -2.38. The number of carboxylic acid groups (broad SMARTS) is 1. The third-order valence-electron chi connectivity index (χ3n) is 3.26. The van der Waals surface area contributed by atoms with Gasteiger partial charge in [-0.2, -0.15) is 0 Å². The summed E-state index contributed by atoms with van der Waals surface area (Å²) in [6.45, 7) is 0. The van der Waals surface area contributed by atoms with E-state index in [1.807, 2.05) is 0 Å². The molecular weight excluding hydrogens is 230 g/mol. The summed E-state index contributed by atoms with van der Waals surface area (Å²) in [5, 5.41) is 8.92. The van der Waals surface area contributed by atoms with E-state index in [1.54, 1.807) is 0 Å². The van der Waals surface area contributed by atoms with Crippen LogP contribution in [0.1, 0.15) is 32.1 Å². The Morgan fingerprint density at radius 1 is 1.25 bits per heavy atom.